The Kier molecular flexibility index (Phi) is 7.74. The number of ether oxygens (including phenoxy) is 1. The summed E-state index contributed by atoms with van der Waals surface area (Å²) in [6, 6.07) is 4.49. The number of carbonyl (C=O) groups is 2. The average molecular weight is 642 g/mol. The maximum Gasteiger partial charge on any atom is 0.263 e. The van der Waals surface area contributed by atoms with E-state index in [1.54, 1.807) is 19.3 Å². The number of hydrogen-bond acceptors (Lipinski definition) is 9. The van der Waals surface area contributed by atoms with Gasteiger partial charge in [-0.05, 0) is 31.2 Å². The standard InChI is InChI=1S/C29H30Cl2N8O5/c1-36-4-3-29(13-36)14-38(5-6-44-29)22-9-21(20(31)10-33-22)35-23(40)12-39-11-18(24-27(39)34-15-37(2)28(24)43)16-7-17(26(32)42)25(41)19(30)8-16/h7-11,15,41H,3-6,12-14H2,1-2H3,(H2,32,42)(H,33,35,40). The summed E-state index contributed by atoms with van der Waals surface area (Å²) in [7, 11) is 3.62. The summed E-state index contributed by atoms with van der Waals surface area (Å²) in [5, 5.41) is 13.4. The van der Waals surface area contributed by atoms with Crippen molar-refractivity contribution in [2.24, 2.45) is 12.8 Å². The van der Waals surface area contributed by atoms with E-state index in [1.165, 1.54) is 33.8 Å². The van der Waals surface area contributed by atoms with Crippen LogP contribution in [0, 0.1) is 0 Å². The summed E-state index contributed by atoms with van der Waals surface area (Å²) in [6.45, 7) is 3.49. The molecule has 1 aromatic carbocycles. The number of likely N-dealkylation sites (tertiary alicyclic amines) is 1. The summed E-state index contributed by atoms with van der Waals surface area (Å²) in [5.74, 6) is -1.10. The molecule has 1 unspecified atom stereocenters. The van der Waals surface area contributed by atoms with Crippen LogP contribution in [0.25, 0.3) is 22.2 Å². The molecule has 0 bridgehead atoms. The van der Waals surface area contributed by atoms with Gasteiger partial charge in [-0.15, -0.1) is 0 Å². The molecular formula is C29H30Cl2N8O5. The van der Waals surface area contributed by atoms with Gasteiger partial charge >= 0.3 is 0 Å². The third kappa shape index (κ3) is 5.47. The predicted molar refractivity (Wildman–Crippen MR) is 166 cm³/mol. The van der Waals surface area contributed by atoms with Gasteiger partial charge in [-0.1, -0.05) is 23.2 Å². The second-order valence-corrected chi connectivity index (χ2v) is 12.1. The van der Waals surface area contributed by atoms with E-state index in [-0.39, 0.29) is 44.3 Å². The Balaban J connectivity index is 1.29. The number of hydrogen-bond donors (Lipinski definition) is 3. The molecule has 6 rings (SSSR count). The first-order chi connectivity index (χ1) is 20.9. The third-order valence-electron chi connectivity index (χ3n) is 8.09. The summed E-state index contributed by atoms with van der Waals surface area (Å²) < 4.78 is 8.98. The highest BCUT2D eigenvalue weighted by Gasteiger charge is 2.42. The number of nitrogens with zero attached hydrogens (tertiary/aromatic N) is 6. The first kappa shape index (κ1) is 29.9. The van der Waals surface area contributed by atoms with Crippen LogP contribution in [0.3, 0.4) is 0 Å². The Labute approximate surface area is 261 Å². The van der Waals surface area contributed by atoms with Gasteiger partial charge in [0.05, 0.1) is 51.4 Å². The highest BCUT2D eigenvalue weighted by Crippen LogP contribution is 2.36. The monoisotopic (exact) mass is 640 g/mol. The largest absolute Gasteiger partial charge is 0.506 e. The second kappa shape index (κ2) is 11.4. The van der Waals surface area contributed by atoms with E-state index in [2.05, 4.69) is 32.1 Å². The number of nitrogens with two attached hydrogens (primary N) is 1. The normalized spacial score (nSPS) is 18.8. The molecule has 4 N–H and O–H groups in total. The van der Waals surface area contributed by atoms with Crippen molar-refractivity contribution in [3.63, 3.8) is 0 Å². The van der Waals surface area contributed by atoms with Crippen LogP contribution in [0.15, 0.2) is 41.7 Å². The Morgan fingerprint density at radius 1 is 1.14 bits per heavy atom. The average Bonchev–Trinajstić information content (AvgIpc) is 3.52. The fraction of sp³-hybridized carbons (Fsp3) is 0.345. The SMILES string of the molecule is CN1CCC2(C1)CN(c1cc(NC(=O)Cn3cc(-c4cc(Cl)c(O)c(C(N)=O)c4)c4c(=O)n(C)cnc43)c(Cl)cn1)CCO2. The maximum absolute atomic E-state index is 13.4. The van der Waals surface area contributed by atoms with Crippen molar-refractivity contribution < 1.29 is 19.4 Å². The van der Waals surface area contributed by atoms with Crippen LogP contribution < -0.4 is 21.5 Å². The van der Waals surface area contributed by atoms with Crippen molar-refractivity contribution in [2.75, 3.05) is 50.1 Å². The molecule has 1 spiro atoms. The first-order valence-electron chi connectivity index (χ1n) is 13.8. The zero-order valence-corrected chi connectivity index (χ0v) is 25.5. The van der Waals surface area contributed by atoms with Gasteiger partial charge in [0.2, 0.25) is 5.91 Å². The van der Waals surface area contributed by atoms with E-state index in [4.69, 9.17) is 33.7 Å². The van der Waals surface area contributed by atoms with Gasteiger partial charge in [0.1, 0.15) is 23.8 Å². The van der Waals surface area contributed by atoms with Crippen molar-refractivity contribution in [3.05, 3.63) is 62.9 Å². The van der Waals surface area contributed by atoms with Crippen molar-refractivity contribution in [1.29, 1.82) is 0 Å². The predicted octanol–water partition coefficient (Wildman–Crippen LogP) is 2.46. The number of halogens is 2. The van der Waals surface area contributed by atoms with Crippen molar-refractivity contribution in [3.8, 4) is 16.9 Å². The van der Waals surface area contributed by atoms with Crippen LogP contribution in [0.4, 0.5) is 11.5 Å². The third-order valence-corrected chi connectivity index (χ3v) is 8.68. The van der Waals surface area contributed by atoms with Crippen LogP contribution in [-0.2, 0) is 23.1 Å². The number of fused-ring (bicyclic) bond motifs is 1. The molecule has 5 heterocycles. The van der Waals surface area contributed by atoms with Crippen molar-refractivity contribution >= 4 is 57.6 Å². The number of likely N-dealkylation sites (N-methyl/N-ethyl adjacent to an activating group) is 1. The molecule has 0 saturated carbocycles. The molecule has 4 aromatic rings. The van der Waals surface area contributed by atoms with Crippen LogP contribution in [-0.4, -0.2) is 86.4 Å². The highest BCUT2D eigenvalue weighted by molar-refractivity contribution is 6.34. The molecule has 2 amide bonds. The molecule has 2 fully saturated rings. The van der Waals surface area contributed by atoms with Gasteiger partial charge in [-0.25, -0.2) is 9.97 Å². The summed E-state index contributed by atoms with van der Waals surface area (Å²) in [5.41, 5.74) is 5.91. The van der Waals surface area contributed by atoms with Crippen LogP contribution >= 0.6 is 23.2 Å². The zero-order valence-electron chi connectivity index (χ0n) is 24.0. The Morgan fingerprint density at radius 3 is 2.66 bits per heavy atom. The fourth-order valence-corrected chi connectivity index (χ4v) is 6.29. The molecule has 2 saturated heterocycles. The molecule has 230 valence electrons. The molecule has 15 heteroatoms. The number of aromatic hydroxyl groups is 1. The molecule has 44 heavy (non-hydrogen) atoms. The Hall–Kier alpha value is -4.17. The van der Waals surface area contributed by atoms with Crippen LogP contribution in [0.2, 0.25) is 10.0 Å². The van der Waals surface area contributed by atoms with E-state index in [0.29, 0.717) is 42.3 Å². The zero-order chi connectivity index (χ0) is 31.3. The van der Waals surface area contributed by atoms with Crippen molar-refractivity contribution in [2.45, 2.75) is 18.6 Å². The molecule has 0 aliphatic carbocycles. The summed E-state index contributed by atoms with van der Waals surface area (Å²) >= 11 is 12.6. The topological polar surface area (TPSA) is 161 Å². The number of aryl methyl sites for hydroxylation is 1. The minimum absolute atomic E-state index is 0.120. The van der Waals surface area contributed by atoms with Gasteiger partial charge in [-0.2, -0.15) is 0 Å². The highest BCUT2D eigenvalue weighted by atomic mass is 35.5. The number of morpholine rings is 1. The molecule has 0 radical (unpaired) electrons. The quantitative estimate of drug-likeness (QED) is 0.287. The molecule has 2 aliphatic rings. The van der Waals surface area contributed by atoms with Gasteiger partial charge < -0.3 is 39.8 Å². The second-order valence-electron chi connectivity index (χ2n) is 11.3. The summed E-state index contributed by atoms with van der Waals surface area (Å²) in [4.78, 5) is 51.8. The van der Waals surface area contributed by atoms with E-state index in [1.807, 2.05) is 0 Å². The molecule has 13 nitrogen and oxygen atoms in total. The Morgan fingerprint density at radius 2 is 1.93 bits per heavy atom. The number of nitrogens with one attached hydrogen (secondary N) is 1. The van der Waals surface area contributed by atoms with Gasteiger partial charge in [0.25, 0.3) is 11.5 Å². The number of primary amides is 1. The van der Waals surface area contributed by atoms with E-state index in [9.17, 15) is 19.5 Å². The number of aromatic nitrogens is 4. The summed E-state index contributed by atoms with van der Waals surface area (Å²) in [6.07, 6.45) is 5.36. The number of carbonyl (C=O) groups excluding carboxylic acids is 2. The Bertz CT molecular complexity index is 1870. The lowest BCUT2D eigenvalue weighted by molar-refractivity contribution is -0.116. The lowest BCUT2D eigenvalue weighted by atomic mass is 10.0. The lowest BCUT2D eigenvalue weighted by Gasteiger charge is -2.41. The van der Waals surface area contributed by atoms with Gasteiger partial charge in [0.15, 0.2) is 0 Å². The number of anilines is 2. The minimum atomic E-state index is -0.892. The molecule has 3 aromatic heterocycles. The van der Waals surface area contributed by atoms with Crippen molar-refractivity contribution in [1.82, 2.24) is 24.0 Å². The molecular weight excluding hydrogens is 611 g/mol. The van der Waals surface area contributed by atoms with E-state index >= 15 is 0 Å². The van der Waals surface area contributed by atoms with Gasteiger partial charge in [0, 0.05) is 51.1 Å². The van der Waals surface area contributed by atoms with E-state index in [0.717, 1.165) is 19.5 Å². The maximum atomic E-state index is 13.4. The molecule has 2 aliphatic heterocycles. The first-order valence-corrected chi connectivity index (χ1v) is 14.6. The minimum Gasteiger partial charge on any atom is -0.506 e. The number of amides is 2. The smallest absolute Gasteiger partial charge is 0.263 e. The number of benzene rings is 1. The van der Waals surface area contributed by atoms with E-state index < -0.39 is 17.6 Å². The number of pyridine rings is 1. The van der Waals surface area contributed by atoms with Crippen LogP contribution in [0.5, 0.6) is 5.75 Å². The van der Waals surface area contributed by atoms with Crippen LogP contribution in [0.1, 0.15) is 16.8 Å². The molecule has 1 atom stereocenters. The fourth-order valence-electron chi connectivity index (χ4n) is 5.92. The lowest BCUT2D eigenvalue weighted by Crippen LogP contribution is -2.53. The number of rotatable bonds is 6. The van der Waals surface area contributed by atoms with Gasteiger partial charge in [-0.3, -0.25) is 14.4 Å². The number of phenols is 1.